The smallest absolute Gasteiger partial charge is 0.274 e. The average Bonchev–Trinajstić information content (AvgIpc) is 2.64. The first-order valence-corrected chi connectivity index (χ1v) is 7.59. The van der Waals surface area contributed by atoms with Crippen molar-refractivity contribution in [2.24, 2.45) is 0 Å². The second kappa shape index (κ2) is 7.44. The lowest BCUT2D eigenvalue weighted by Crippen LogP contribution is -2.14. The van der Waals surface area contributed by atoms with Crippen LogP contribution in [0.2, 0.25) is 0 Å². The van der Waals surface area contributed by atoms with Crippen LogP contribution in [0.3, 0.4) is 0 Å². The van der Waals surface area contributed by atoms with Crippen LogP contribution >= 0.6 is 0 Å². The van der Waals surface area contributed by atoms with E-state index < -0.39 is 11.7 Å². The zero-order chi connectivity index (χ0) is 17.6. The van der Waals surface area contributed by atoms with Gasteiger partial charge in [-0.1, -0.05) is 24.3 Å². The van der Waals surface area contributed by atoms with Crippen molar-refractivity contribution in [1.29, 1.82) is 0 Å². The highest BCUT2D eigenvalue weighted by atomic mass is 19.1. The number of carbonyl (C=O) groups is 1. The summed E-state index contributed by atoms with van der Waals surface area (Å²) in [5.74, 6) is -0.315. The summed E-state index contributed by atoms with van der Waals surface area (Å²) in [7, 11) is 1.58. The van der Waals surface area contributed by atoms with Crippen molar-refractivity contribution in [2.45, 2.75) is 0 Å². The van der Waals surface area contributed by atoms with Gasteiger partial charge in [0.25, 0.3) is 5.91 Å². The molecule has 1 aromatic heterocycles. The Morgan fingerprint density at radius 2 is 1.76 bits per heavy atom. The Kier molecular flexibility index (Phi) is 4.89. The second-order valence-corrected chi connectivity index (χ2v) is 5.19. The van der Waals surface area contributed by atoms with E-state index in [1.165, 1.54) is 18.3 Å². The first kappa shape index (κ1) is 16.4. The van der Waals surface area contributed by atoms with Gasteiger partial charge in [-0.2, -0.15) is 0 Å². The highest BCUT2D eigenvalue weighted by Gasteiger charge is 2.11. The van der Waals surface area contributed by atoms with Crippen molar-refractivity contribution in [3.63, 3.8) is 0 Å². The Balaban J connectivity index is 1.79. The van der Waals surface area contributed by atoms with Gasteiger partial charge in [0.05, 0.1) is 18.5 Å². The van der Waals surface area contributed by atoms with E-state index in [9.17, 15) is 9.18 Å². The van der Waals surface area contributed by atoms with Gasteiger partial charge in [0, 0.05) is 11.9 Å². The molecule has 0 radical (unpaired) electrons. The molecule has 0 atom stereocenters. The number of pyridine rings is 1. The number of carbonyl (C=O) groups excluding carboxylic acids is 1. The molecule has 0 fully saturated rings. The number of aromatic nitrogens is 1. The average molecular weight is 337 g/mol. The number of amides is 1. The number of hydrogen-bond donors (Lipinski definition) is 2. The molecule has 0 bridgehead atoms. The van der Waals surface area contributed by atoms with Crippen molar-refractivity contribution in [2.75, 3.05) is 17.7 Å². The first-order chi connectivity index (χ1) is 12.2. The number of nitrogens with one attached hydrogen (secondary N) is 2. The molecule has 1 heterocycles. The monoisotopic (exact) mass is 337 g/mol. The number of halogens is 1. The fourth-order valence-corrected chi connectivity index (χ4v) is 2.28. The summed E-state index contributed by atoms with van der Waals surface area (Å²) in [4.78, 5) is 16.3. The highest BCUT2D eigenvalue weighted by molar-refractivity contribution is 6.03. The molecule has 0 saturated heterocycles. The number of ether oxygens (including phenoxy) is 1. The number of para-hydroxylation sites is 3. The molecule has 0 saturated carbocycles. The second-order valence-electron chi connectivity index (χ2n) is 5.19. The lowest BCUT2D eigenvalue weighted by molar-refractivity contribution is 0.102. The normalized spacial score (nSPS) is 10.2. The van der Waals surface area contributed by atoms with Crippen LogP contribution in [0.25, 0.3) is 0 Å². The number of hydrogen-bond acceptors (Lipinski definition) is 4. The fraction of sp³-hybridized carbons (Fsp3) is 0.0526. The Hall–Kier alpha value is -3.41. The van der Waals surface area contributed by atoms with Gasteiger partial charge < -0.3 is 15.4 Å². The van der Waals surface area contributed by atoms with E-state index in [0.29, 0.717) is 11.4 Å². The van der Waals surface area contributed by atoms with Crippen LogP contribution in [-0.4, -0.2) is 18.0 Å². The summed E-state index contributed by atoms with van der Waals surface area (Å²) in [5.41, 5.74) is 1.70. The fourth-order valence-electron chi connectivity index (χ4n) is 2.28. The van der Waals surface area contributed by atoms with Gasteiger partial charge in [0.2, 0.25) is 0 Å². The van der Waals surface area contributed by atoms with Gasteiger partial charge in [-0.05, 0) is 36.4 Å². The third-order valence-electron chi connectivity index (χ3n) is 3.50. The third kappa shape index (κ3) is 3.92. The molecule has 6 heteroatoms. The summed E-state index contributed by atoms with van der Waals surface area (Å²) in [6.07, 6.45) is 1.51. The van der Waals surface area contributed by atoms with Gasteiger partial charge >= 0.3 is 0 Å². The van der Waals surface area contributed by atoms with E-state index in [-0.39, 0.29) is 11.4 Å². The van der Waals surface area contributed by atoms with Crippen LogP contribution in [-0.2, 0) is 0 Å². The van der Waals surface area contributed by atoms with E-state index in [4.69, 9.17) is 4.74 Å². The molecular weight excluding hydrogens is 321 g/mol. The predicted molar refractivity (Wildman–Crippen MR) is 94.9 cm³/mol. The Morgan fingerprint density at radius 1 is 1.04 bits per heavy atom. The number of rotatable bonds is 5. The largest absolute Gasteiger partial charge is 0.495 e. The summed E-state index contributed by atoms with van der Waals surface area (Å²) in [6.45, 7) is 0. The highest BCUT2D eigenvalue weighted by Crippen LogP contribution is 2.27. The molecule has 25 heavy (non-hydrogen) atoms. The zero-order valence-electron chi connectivity index (χ0n) is 13.5. The van der Waals surface area contributed by atoms with E-state index in [1.54, 1.807) is 31.4 Å². The molecule has 0 unspecified atom stereocenters. The number of nitrogens with zero attached hydrogens (tertiary/aromatic N) is 1. The summed E-state index contributed by atoms with van der Waals surface area (Å²) in [5, 5.41) is 5.69. The topological polar surface area (TPSA) is 63.2 Å². The molecule has 2 aromatic carbocycles. The Morgan fingerprint density at radius 3 is 2.52 bits per heavy atom. The van der Waals surface area contributed by atoms with E-state index in [0.717, 1.165) is 5.69 Å². The van der Waals surface area contributed by atoms with Crippen LogP contribution < -0.4 is 15.4 Å². The van der Waals surface area contributed by atoms with E-state index in [1.807, 2.05) is 24.3 Å². The maximum Gasteiger partial charge on any atom is 0.274 e. The zero-order valence-corrected chi connectivity index (χ0v) is 13.5. The summed E-state index contributed by atoms with van der Waals surface area (Å²) < 4.78 is 18.9. The minimum atomic E-state index is -0.501. The summed E-state index contributed by atoms with van der Waals surface area (Å²) >= 11 is 0. The lowest BCUT2D eigenvalue weighted by atomic mass is 10.2. The third-order valence-corrected chi connectivity index (χ3v) is 3.50. The molecule has 126 valence electrons. The molecule has 3 aromatic rings. The lowest BCUT2D eigenvalue weighted by Gasteiger charge is -2.11. The van der Waals surface area contributed by atoms with Crippen LogP contribution in [0.4, 0.5) is 21.5 Å². The molecule has 0 aliphatic rings. The van der Waals surface area contributed by atoms with E-state index >= 15 is 0 Å². The molecule has 0 aliphatic heterocycles. The molecule has 0 aliphatic carbocycles. The van der Waals surface area contributed by atoms with Crippen LogP contribution in [0.15, 0.2) is 66.9 Å². The van der Waals surface area contributed by atoms with Crippen molar-refractivity contribution in [3.05, 3.63) is 78.4 Å². The number of anilines is 3. The van der Waals surface area contributed by atoms with Crippen molar-refractivity contribution in [1.82, 2.24) is 4.98 Å². The number of benzene rings is 2. The predicted octanol–water partition coefficient (Wildman–Crippen LogP) is 4.23. The first-order valence-electron chi connectivity index (χ1n) is 7.59. The van der Waals surface area contributed by atoms with Crippen molar-refractivity contribution >= 4 is 23.0 Å². The number of methoxy groups -OCH3 is 1. The van der Waals surface area contributed by atoms with Gasteiger partial charge in [0.15, 0.2) is 0 Å². The maximum absolute atomic E-state index is 13.7. The van der Waals surface area contributed by atoms with Gasteiger partial charge in [-0.25, -0.2) is 4.39 Å². The van der Waals surface area contributed by atoms with Gasteiger partial charge in [0.1, 0.15) is 17.3 Å². The molecule has 5 nitrogen and oxygen atoms in total. The van der Waals surface area contributed by atoms with Crippen LogP contribution in [0, 0.1) is 5.82 Å². The molecule has 2 N–H and O–H groups in total. The molecule has 0 spiro atoms. The van der Waals surface area contributed by atoms with Crippen LogP contribution in [0.5, 0.6) is 5.75 Å². The quantitative estimate of drug-likeness (QED) is 0.731. The molecular formula is C19H16FN3O2. The van der Waals surface area contributed by atoms with Crippen molar-refractivity contribution < 1.29 is 13.9 Å². The van der Waals surface area contributed by atoms with Gasteiger partial charge in [-0.15, -0.1) is 0 Å². The SMILES string of the molecule is COc1ccccc1Nc1ccnc(C(=O)Nc2ccccc2F)c1. The van der Waals surface area contributed by atoms with Crippen molar-refractivity contribution in [3.8, 4) is 5.75 Å². The standard InChI is InChI=1S/C19H16FN3O2/c1-25-18-9-5-4-8-16(18)22-13-10-11-21-17(12-13)19(24)23-15-7-3-2-6-14(15)20/h2-12H,1H3,(H,21,22)(H,23,24). The van der Waals surface area contributed by atoms with E-state index in [2.05, 4.69) is 15.6 Å². The minimum Gasteiger partial charge on any atom is -0.495 e. The molecule has 3 rings (SSSR count). The van der Waals surface area contributed by atoms with Crippen LogP contribution in [0.1, 0.15) is 10.5 Å². The van der Waals surface area contributed by atoms with Gasteiger partial charge in [-0.3, -0.25) is 9.78 Å². The summed E-state index contributed by atoms with van der Waals surface area (Å²) in [6, 6.07) is 16.7. The Bertz CT molecular complexity index is 899. The minimum absolute atomic E-state index is 0.109. The molecule has 1 amide bonds. The maximum atomic E-state index is 13.7. The Labute approximate surface area is 144 Å².